The lowest BCUT2D eigenvalue weighted by Gasteiger charge is -2.19. The van der Waals surface area contributed by atoms with Crippen LogP contribution in [-0.4, -0.2) is 33.2 Å². The summed E-state index contributed by atoms with van der Waals surface area (Å²) in [6.45, 7) is 0.0473. The lowest BCUT2D eigenvalue weighted by molar-refractivity contribution is -0.138. The third-order valence-electron chi connectivity index (χ3n) is 5.89. The number of phenols is 1. The predicted octanol–water partition coefficient (Wildman–Crippen LogP) is 3.23. The maximum absolute atomic E-state index is 13.2. The lowest BCUT2D eigenvalue weighted by atomic mass is 10.1. The average Bonchev–Trinajstić information content (AvgIpc) is 3.44. The largest absolute Gasteiger partial charge is 0.508 e. The van der Waals surface area contributed by atoms with Crippen molar-refractivity contribution < 1.29 is 37.4 Å². The molecule has 2 aromatic rings. The van der Waals surface area contributed by atoms with E-state index in [1.807, 2.05) is 0 Å². The highest BCUT2D eigenvalue weighted by atomic mass is 19.4. The molecule has 0 radical (unpaired) electrons. The third kappa shape index (κ3) is 5.29. The molecule has 1 aromatic carbocycles. The highest BCUT2D eigenvalue weighted by Gasteiger charge is 2.52. The van der Waals surface area contributed by atoms with Gasteiger partial charge in [-0.15, -0.1) is 0 Å². The first-order valence-electron chi connectivity index (χ1n) is 10.7. The van der Waals surface area contributed by atoms with Crippen molar-refractivity contribution in [3.63, 3.8) is 0 Å². The van der Waals surface area contributed by atoms with Crippen molar-refractivity contribution in [2.45, 2.75) is 50.4 Å². The Kier molecular flexibility index (Phi) is 6.20. The first-order chi connectivity index (χ1) is 16.1. The van der Waals surface area contributed by atoms with Gasteiger partial charge in [-0.1, -0.05) is 0 Å². The van der Waals surface area contributed by atoms with Gasteiger partial charge in [-0.3, -0.25) is 19.4 Å². The van der Waals surface area contributed by atoms with E-state index in [1.54, 1.807) is 0 Å². The molecule has 180 valence electrons. The third-order valence-corrected chi connectivity index (χ3v) is 5.89. The molecule has 0 saturated heterocycles. The van der Waals surface area contributed by atoms with Crippen LogP contribution in [0.2, 0.25) is 0 Å². The summed E-state index contributed by atoms with van der Waals surface area (Å²) in [6.07, 6.45) is -1.41. The van der Waals surface area contributed by atoms with Gasteiger partial charge in [0, 0.05) is 18.8 Å². The van der Waals surface area contributed by atoms with E-state index in [2.05, 4.69) is 15.6 Å². The van der Waals surface area contributed by atoms with E-state index in [-0.39, 0.29) is 36.3 Å². The zero-order valence-electron chi connectivity index (χ0n) is 17.9. The van der Waals surface area contributed by atoms with Crippen molar-refractivity contribution in [3.05, 3.63) is 47.8 Å². The fourth-order valence-corrected chi connectivity index (χ4v) is 3.78. The molecule has 3 N–H and O–H groups in total. The van der Waals surface area contributed by atoms with Crippen molar-refractivity contribution in [1.29, 1.82) is 0 Å². The van der Waals surface area contributed by atoms with Gasteiger partial charge in [-0.25, -0.2) is 0 Å². The molecule has 2 amide bonds. The van der Waals surface area contributed by atoms with Crippen molar-refractivity contribution >= 4 is 17.6 Å². The second-order valence-electron chi connectivity index (χ2n) is 8.50. The van der Waals surface area contributed by atoms with Crippen LogP contribution in [0.5, 0.6) is 17.2 Å². The van der Waals surface area contributed by atoms with E-state index in [0.29, 0.717) is 37.4 Å². The SMILES string of the molecule is O=C1CCC(C(=O)NC2(C(=O)NCc3ccc(Oc4ccc(O)cc4C(F)(F)F)cn3)CC2)C1. The number of aromatic hydroxyl groups is 1. The predicted molar refractivity (Wildman–Crippen MR) is 112 cm³/mol. The first kappa shape index (κ1) is 23.5. The number of nitrogens with zero attached hydrogens (tertiary/aromatic N) is 1. The molecule has 0 aliphatic heterocycles. The van der Waals surface area contributed by atoms with E-state index in [0.717, 1.165) is 12.1 Å². The number of hydrogen-bond acceptors (Lipinski definition) is 6. The summed E-state index contributed by atoms with van der Waals surface area (Å²) >= 11 is 0. The molecule has 1 heterocycles. The number of rotatable bonds is 7. The van der Waals surface area contributed by atoms with Crippen LogP contribution in [-0.2, 0) is 27.1 Å². The van der Waals surface area contributed by atoms with Gasteiger partial charge in [-0.05, 0) is 49.6 Å². The van der Waals surface area contributed by atoms with Gasteiger partial charge in [0.25, 0.3) is 0 Å². The number of Topliss-reactive ketones (excluding diaryl/α,β-unsaturated/α-hetero) is 1. The minimum Gasteiger partial charge on any atom is -0.508 e. The fourth-order valence-electron chi connectivity index (χ4n) is 3.78. The average molecular weight is 477 g/mol. The van der Waals surface area contributed by atoms with E-state index in [4.69, 9.17) is 4.74 Å². The van der Waals surface area contributed by atoms with Gasteiger partial charge >= 0.3 is 6.18 Å². The monoisotopic (exact) mass is 477 g/mol. The van der Waals surface area contributed by atoms with Crippen molar-refractivity contribution in [3.8, 4) is 17.2 Å². The number of carbonyl (C=O) groups is 3. The molecule has 0 bridgehead atoms. The molecule has 8 nitrogen and oxygen atoms in total. The standard InChI is InChI=1S/C23H22F3N3O5/c24-23(25,26)18-10-16(31)4-6-19(18)34-17-5-2-14(27-12-17)11-28-21(33)22(7-8-22)29-20(32)13-1-3-15(30)9-13/h2,4-6,10,12-13,31H,1,3,7-9,11H2,(H,28,33)(H,29,32). The van der Waals surface area contributed by atoms with E-state index >= 15 is 0 Å². The number of ketones is 1. The number of carbonyl (C=O) groups excluding carboxylic acids is 3. The van der Waals surface area contributed by atoms with Crippen LogP contribution in [0.25, 0.3) is 0 Å². The van der Waals surface area contributed by atoms with E-state index < -0.39 is 34.7 Å². The zero-order chi connectivity index (χ0) is 24.5. The molecule has 2 aliphatic carbocycles. The molecule has 2 saturated carbocycles. The van der Waals surface area contributed by atoms with Crippen molar-refractivity contribution in [1.82, 2.24) is 15.6 Å². The summed E-state index contributed by atoms with van der Waals surface area (Å²) < 4.78 is 44.8. The minimum absolute atomic E-state index is 0.0447. The van der Waals surface area contributed by atoms with Crippen LogP contribution in [0.4, 0.5) is 13.2 Å². The number of phenolic OH excluding ortho intramolecular Hbond substituents is 1. The summed E-state index contributed by atoms with van der Waals surface area (Å²) in [5.41, 5.74) is -1.66. The van der Waals surface area contributed by atoms with Crippen molar-refractivity contribution in [2.75, 3.05) is 0 Å². The fraction of sp³-hybridized carbons (Fsp3) is 0.391. The number of hydrogen-bond donors (Lipinski definition) is 3. The molecule has 11 heteroatoms. The molecule has 0 spiro atoms. The van der Waals surface area contributed by atoms with Gasteiger partial charge < -0.3 is 20.5 Å². The summed E-state index contributed by atoms with van der Waals surface area (Å²) in [4.78, 5) is 40.5. The number of alkyl halides is 3. The Labute approximate surface area is 192 Å². The van der Waals surface area contributed by atoms with Crippen LogP contribution < -0.4 is 15.4 Å². The first-order valence-corrected chi connectivity index (χ1v) is 10.7. The zero-order valence-corrected chi connectivity index (χ0v) is 17.9. The van der Waals surface area contributed by atoms with Crippen molar-refractivity contribution in [2.24, 2.45) is 5.92 Å². The minimum atomic E-state index is -4.72. The number of amides is 2. The number of pyridine rings is 1. The van der Waals surface area contributed by atoms with Crippen LogP contribution in [0.1, 0.15) is 43.4 Å². The topological polar surface area (TPSA) is 118 Å². The van der Waals surface area contributed by atoms with Crippen LogP contribution >= 0.6 is 0 Å². The lowest BCUT2D eigenvalue weighted by Crippen LogP contribution is -2.50. The molecule has 4 rings (SSSR count). The number of halogens is 3. The molecule has 1 unspecified atom stereocenters. The second kappa shape index (κ2) is 8.96. The summed E-state index contributed by atoms with van der Waals surface area (Å²) in [7, 11) is 0. The Bertz CT molecular complexity index is 1110. The molecule has 1 atom stereocenters. The molecule has 2 aliphatic rings. The Morgan fingerprint density at radius 2 is 1.97 bits per heavy atom. The number of aromatic nitrogens is 1. The number of ether oxygens (including phenoxy) is 1. The van der Waals surface area contributed by atoms with Gasteiger partial charge in [0.1, 0.15) is 34.1 Å². The van der Waals surface area contributed by atoms with Crippen LogP contribution in [0.3, 0.4) is 0 Å². The summed E-state index contributed by atoms with van der Waals surface area (Å²) in [5, 5.41) is 14.8. The van der Waals surface area contributed by atoms with Gasteiger partial charge in [0.05, 0.1) is 18.4 Å². The van der Waals surface area contributed by atoms with Gasteiger partial charge in [0.15, 0.2) is 0 Å². The van der Waals surface area contributed by atoms with E-state index in [1.165, 1.54) is 18.3 Å². The highest BCUT2D eigenvalue weighted by molar-refractivity contribution is 5.96. The Morgan fingerprint density at radius 3 is 2.56 bits per heavy atom. The molecular weight excluding hydrogens is 455 g/mol. The molecule has 1 aromatic heterocycles. The Morgan fingerprint density at radius 1 is 1.21 bits per heavy atom. The molecule has 34 heavy (non-hydrogen) atoms. The highest BCUT2D eigenvalue weighted by Crippen LogP contribution is 2.40. The maximum Gasteiger partial charge on any atom is 0.420 e. The molecular formula is C23H22F3N3O5. The Balaban J connectivity index is 1.33. The Hall–Kier alpha value is -3.63. The summed E-state index contributed by atoms with van der Waals surface area (Å²) in [6, 6.07) is 5.57. The molecule has 2 fully saturated rings. The number of nitrogens with one attached hydrogen (secondary N) is 2. The quantitative estimate of drug-likeness (QED) is 0.564. The smallest absolute Gasteiger partial charge is 0.420 e. The number of benzene rings is 1. The maximum atomic E-state index is 13.2. The van der Waals surface area contributed by atoms with Gasteiger partial charge in [0.2, 0.25) is 11.8 Å². The van der Waals surface area contributed by atoms with Crippen LogP contribution in [0.15, 0.2) is 36.5 Å². The second-order valence-corrected chi connectivity index (χ2v) is 8.50. The summed E-state index contributed by atoms with van der Waals surface area (Å²) in [5.74, 6) is -1.96. The van der Waals surface area contributed by atoms with Gasteiger partial charge in [-0.2, -0.15) is 13.2 Å². The van der Waals surface area contributed by atoms with E-state index in [9.17, 15) is 32.7 Å². The normalized spacial score (nSPS) is 18.9. The van der Waals surface area contributed by atoms with Crippen LogP contribution in [0, 0.1) is 5.92 Å².